The van der Waals surface area contributed by atoms with E-state index >= 15 is 0 Å². The van der Waals surface area contributed by atoms with Gasteiger partial charge in [0.05, 0.1) is 0 Å². The third-order valence-corrected chi connectivity index (χ3v) is 2.90. The first-order valence-electron chi connectivity index (χ1n) is 6.34. The Bertz CT molecular complexity index is 547. The molecule has 1 N–H and O–H groups in total. The van der Waals surface area contributed by atoms with Crippen molar-refractivity contribution in [3.8, 4) is 11.1 Å². The molecule has 0 saturated heterocycles. The molecule has 0 radical (unpaired) electrons. The van der Waals surface area contributed by atoms with Crippen molar-refractivity contribution >= 4 is 0 Å². The minimum absolute atomic E-state index is 0.292. The van der Waals surface area contributed by atoms with Crippen LogP contribution in [0.4, 0.5) is 8.78 Å². The maximum absolute atomic E-state index is 13.8. The van der Waals surface area contributed by atoms with Crippen molar-refractivity contribution in [1.82, 2.24) is 5.32 Å². The summed E-state index contributed by atoms with van der Waals surface area (Å²) in [5.74, 6) is -0.610. The molecule has 0 amide bonds. The second-order valence-corrected chi connectivity index (χ2v) is 4.86. The molecule has 0 atom stereocenters. The molecule has 0 aromatic heterocycles. The summed E-state index contributed by atoms with van der Waals surface area (Å²) in [4.78, 5) is 0. The second kappa shape index (κ2) is 5.93. The Labute approximate surface area is 112 Å². The molecule has 0 saturated carbocycles. The Morgan fingerprint density at radius 2 is 1.68 bits per heavy atom. The van der Waals surface area contributed by atoms with Gasteiger partial charge in [-0.3, -0.25) is 0 Å². The van der Waals surface area contributed by atoms with Crippen LogP contribution in [0.1, 0.15) is 19.4 Å². The quantitative estimate of drug-likeness (QED) is 0.872. The van der Waals surface area contributed by atoms with Crippen LogP contribution >= 0.6 is 0 Å². The fourth-order valence-electron chi connectivity index (χ4n) is 1.86. The van der Waals surface area contributed by atoms with Crippen LogP contribution in [-0.2, 0) is 6.54 Å². The molecule has 0 unspecified atom stereocenters. The zero-order valence-electron chi connectivity index (χ0n) is 11.1. The molecular weight excluding hydrogens is 244 g/mol. The highest BCUT2D eigenvalue weighted by Gasteiger charge is 2.07. The number of rotatable bonds is 4. The molecule has 0 aliphatic rings. The summed E-state index contributed by atoms with van der Waals surface area (Å²) in [6, 6.07) is 11.3. The highest BCUT2D eigenvalue weighted by Crippen LogP contribution is 2.24. The summed E-state index contributed by atoms with van der Waals surface area (Å²) in [5.41, 5.74) is 2.20. The van der Waals surface area contributed by atoms with E-state index in [9.17, 15) is 8.78 Å². The van der Waals surface area contributed by atoms with E-state index in [0.29, 0.717) is 23.7 Å². The van der Waals surface area contributed by atoms with Gasteiger partial charge in [-0.1, -0.05) is 32.0 Å². The zero-order chi connectivity index (χ0) is 13.8. The molecule has 2 aromatic carbocycles. The molecule has 100 valence electrons. The smallest absolute Gasteiger partial charge is 0.131 e. The number of halogens is 2. The van der Waals surface area contributed by atoms with Crippen molar-refractivity contribution in [2.45, 2.75) is 26.4 Å². The Hall–Kier alpha value is -1.74. The average Bonchev–Trinajstić information content (AvgIpc) is 2.39. The van der Waals surface area contributed by atoms with Gasteiger partial charge >= 0.3 is 0 Å². The topological polar surface area (TPSA) is 12.0 Å². The van der Waals surface area contributed by atoms with Crippen molar-refractivity contribution in [2.75, 3.05) is 0 Å². The molecule has 0 aliphatic carbocycles. The molecule has 2 rings (SSSR count). The molecule has 19 heavy (non-hydrogen) atoms. The van der Waals surface area contributed by atoms with Gasteiger partial charge in [0.1, 0.15) is 11.6 Å². The van der Waals surface area contributed by atoms with Crippen LogP contribution in [0.15, 0.2) is 42.5 Å². The van der Waals surface area contributed by atoms with Gasteiger partial charge in [-0.05, 0) is 35.4 Å². The lowest BCUT2D eigenvalue weighted by Gasteiger charge is -2.10. The van der Waals surface area contributed by atoms with Crippen LogP contribution in [0, 0.1) is 11.6 Å². The van der Waals surface area contributed by atoms with Gasteiger partial charge in [-0.2, -0.15) is 0 Å². The predicted octanol–water partition coefficient (Wildman–Crippen LogP) is 4.13. The van der Waals surface area contributed by atoms with Gasteiger partial charge in [0.2, 0.25) is 0 Å². The van der Waals surface area contributed by atoms with Crippen LogP contribution in [0.5, 0.6) is 0 Å². The monoisotopic (exact) mass is 261 g/mol. The molecule has 1 nitrogen and oxygen atoms in total. The summed E-state index contributed by atoms with van der Waals surface area (Å²) in [6.07, 6.45) is 0. The van der Waals surface area contributed by atoms with E-state index in [-0.39, 0.29) is 11.6 Å². The van der Waals surface area contributed by atoms with Gasteiger partial charge in [0, 0.05) is 18.2 Å². The fraction of sp³-hybridized carbons (Fsp3) is 0.250. The molecule has 0 spiro atoms. The normalized spacial score (nSPS) is 11.0. The molecule has 0 bridgehead atoms. The minimum Gasteiger partial charge on any atom is -0.310 e. The lowest BCUT2D eigenvalue weighted by Crippen LogP contribution is -2.21. The van der Waals surface area contributed by atoms with Gasteiger partial charge in [0.25, 0.3) is 0 Å². The average molecular weight is 261 g/mol. The standard InChI is InChI=1S/C16H17F2N/c1-11(2)19-10-12-3-8-16(18)15(9-12)13-4-6-14(17)7-5-13/h3-9,11,19H,10H2,1-2H3. The highest BCUT2D eigenvalue weighted by molar-refractivity contribution is 5.64. The Morgan fingerprint density at radius 3 is 2.32 bits per heavy atom. The summed E-state index contributed by atoms with van der Waals surface area (Å²) in [5, 5.41) is 3.29. The van der Waals surface area contributed by atoms with Gasteiger partial charge < -0.3 is 5.32 Å². The second-order valence-electron chi connectivity index (χ2n) is 4.86. The van der Waals surface area contributed by atoms with Crippen molar-refractivity contribution < 1.29 is 8.78 Å². The molecule has 2 aromatic rings. The van der Waals surface area contributed by atoms with E-state index in [1.165, 1.54) is 18.2 Å². The molecular formula is C16H17F2N. The SMILES string of the molecule is CC(C)NCc1ccc(F)c(-c2ccc(F)cc2)c1. The van der Waals surface area contributed by atoms with Crippen molar-refractivity contribution in [3.05, 3.63) is 59.7 Å². The lowest BCUT2D eigenvalue weighted by atomic mass is 10.0. The molecule has 0 heterocycles. The third-order valence-electron chi connectivity index (χ3n) is 2.90. The molecule has 0 aliphatic heterocycles. The Morgan fingerprint density at radius 1 is 1.00 bits per heavy atom. The summed E-state index contributed by atoms with van der Waals surface area (Å²) < 4.78 is 26.7. The highest BCUT2D eigenvalue weighted by atomic mass is 19.1. The van der Waals surface area contributed by atoms with E-state index in [1.54, 1.807) is 24.3 Å². The van der Waals surface area contributed by atoms with E-state index in [4.69, 9.17) is 0 Å². The van der Waals surface area contributed by atoms with Gasteiger partial charge in [-0.15, -0.1) is 0 Å². The molecule has 3 heteroatoms. The number of hydrogen-bond donors (Lipinski definition) is 1. The minimum atomic E-state index is -0.318. The Balaban J connectivity index is 2.29. The largest absolute Gasteiger partial charge is 0.310 e. The first-order chi connectivity index (χ1) is 9.06. The number of benzene rings is 2. The number of hydrogen-bond acceptors (Lipinski definition) is 1. The predicted molar refractivity (Wildman–Crippen MR) is 73.8 cm³/mol. The van der Waals surface area contributed by atoms with E-state index in [1.807, 2.05) is 0 Å². The van der Waals surface area contributed by atoms with E-state index < -0.39 is 0 Å². The van der Waals surface area contributed by atoms with Crippen LogP contribution in [0.3, 0.4) is 0 Å². The number of nitrogens with one attached hydrogen (secondary N) is 1. The van der Waals surface area contributed by atoms with Crippen LogP contribution in [0.25, 0.3) is 11.1 Å². The third kappa shape index (κ3) is 3.61. The van der Waals surface area contributed by atoms with Crippen LogP contribution in [-0.4, -0.2) is 6.04 Å². The lowest BCUT2D eigenvalue weighted by molar-refractivity contribution is 0.586. The van der Waals surface area contributed by atoms with Crippen molar-refractivity contribution in [3.63, 3.8) is 0 Å². The molecule has 0 fully saturated rings. The van der Waals surface area contributed by atoms with Crippen molar-refractivity contribution in [2.24, 2.45) is 0 Å². The maximum atomic E-state index is 13.8. The zero-order valence-corrected chi connectivity index (χ0v) is 11.1. The van der Waals surface area contributed by atoms with Crippen molar-refractivity contribution in [1.29, 1.82) is 0 Å². The van der Waals surface area contributed by atoms with Gasteiger partial charge in [0.15, 0.2) is 0 Å². The summed E-state index contributed by atoms with van der Waals surface area (Å²) >= 11 is 0. The first-order valence-corrected chi connectivity index (χ1v) is 6.34. The van der Waals surface area contributed by atoms with Crippen LogP contribution < -0.4 is 5.32 Å². The fourth-order valence-corrected chi connectivity index (χ4v) is 1.86. The maximum Gasteiger partial charge on any atom is 0.131 e. The summed E-state index contributed by atoms with van der Waals surface area (Å²) in [7, 11) is 0. The van der Waals surface area contributed by atoms with Crippen LogP contribution in [0.2, 0.25) is 0 Å². The Kier molecular flexibility index (Phi) is 4.27. The van der Waals surface area contributed by atoms with E-state index in [2.05, 4.69) is 19.2 Å². The van der Waals surface area contributed by atoms with Gasteiger partial charge in [-0.25, -0.2) is 8.78 Å². The summed E-state index contributed by atoms with van der Waals surface area (Å²) in [6.45, 7) is 4.81. The van der Waals surface area contributed by atoms with E-state index in [0.717, 1.165) is 5.56 Å². The first kappa shape index (κ1) is 13.7.